The first-order valence-corrected chi connectivity index (χ1v) is 14.1. The van der Waals surface area contributed by atoms with Gasteiger partial charge in [-0.25, -0.2) is 0 Å². The summed E-state index contributed by atoms with van der Waals surface area (Å²) in [4.78, 5) is 19.3. The minimum absolute atomic E-state index is 0.00809. The Morgan fingerprint density at radius 2 is 2.11 bits per heavy atom. The van der Waals surface area contributed by atoms with Gasteiger partial charge in [0.05, 0.1) is 0 Å². The van der Waals surface area contributed by atoms with Crippen LogP contribution < -0.4 is 15.2 Å². The normalized spacial score (nSPS) is 21.5. The molecule has 0 bridgehead atoms. The Bertz CT molecular complexity index is 1430. The second-order valence-corrected chi connectivity index (χ2v) is 13.2. The van der Waals surface area contributed by atoms with Gasteiger partial charge in [0.15, 0.2) is 0 Å². The zero-order valence-electron chi connectivity index (χ0n) is 21.7. The van der Waals surface area contributed by atoms with Gasteiger partial charge < -0.3 is 0 Å². The SMILES string of the molecule is CN1CCC2(Nc3nccn4c([Se]C(F)(F)F)c(C#CCNC(=O)c5cnn(C(C)(C)C)c5)cc34)CC2C1. The van der Waals surface area contributed by atoms with Crippen molar-refractivity contribution >= 4 is 36.8 Å². The average molecular weight is 593 g/mol. The van der Waals surface area contributed by atoms with Gasteiger partial charge in [0.1, 0.15) is 0 Å². The summed E-state index contributed by atoms with van der Waals surface area (Å²) in [7, 11) is 2.10. The number of anilines is 1. The molecule has 1 aliphatic carbocycles. The molecule has 4 heterocycles. The van der Waals surface area contributed by atoms with E-state index >= 15 is 0 Å². The number of amides is 1. The van der Waals surface area contributed by atoms with Crippen LogP contribution in [-0.2, 0) is 5.54 Å². The molecule has 0 aromatic carbocycles. The van der Waals surface area contributed by atoms with E-state index in [1.54, 1.807) is 27.5 Å². The van der Waals surface area contributed by atoms with Gasteiger partial charge in [0, 0.05) is 0 Å². The molecule has 1 amide bonds. The number of hydrogen-bond donors (Lipinski definition) is 2. The Labute approximate surface area is 225 Å². The molecule has 1 saturated carbocycles. The van der Waals surface area contributed by atoms with E-state index in [0.29, 0.717) is 28.4 Å². The summed E-state index contributed by atoms with van der Waals surface area (Å²) >= 11 is -1.80. The summed E-state index contributed by atoms with van der Waals surface area (Å²) < 4.78 is 44.0. The van der Waals surface area contributed by atoms with E-state index < -0.39 is 20.0 Å². The Morgan fingerprint density at radius 3 is 2.79 bits per heavy atom. The summed E-state index contributed by atoms with van der Waals surface area (Å²) in [6, 6.07) is 1.67. The third-order valence-electron chi connectivity index (χ3n) is 7.03. The third-order valence-corrected chi connectivity index (χ3v) is 8.79. The van der Waals surface area contributed by atoms with Crippen molar-refractivity contribution in [3.05, 3.63) is 42.0 Å². The monoisotopic (exact) mass is 593 g/mol. The van der Waals surface area contributed by atoms with Crippen molar-refractivity contribution in [2.75, 3.05) is 32.0 Å². The van der Waals surface area contributed by atoms with Crippen LogP contribution in [0.15, 0.2) is 30.9 Å². The number of carbonyl (C=O) groups excluding carboxylic acids is 1. The van der Waals surface area contributed by atoms with Crippen molar-refractivity contribution in [3.8, 4) is 11.8 Å². The van der Waals surface area contributed by atoms with Crippen LogP contribution in [0.2, 0.25) is 0 Å². The van der Waals surface area contributed by atoms with E-state index in [9.17, 15) is 18.0 Å². The summed E-state index contributed by atoms with van der Waals surface area (Å²) in [5.41, 5.74) is 0.961. The second kappa shape index (κ2) is 9.63. The van der Waals surface area contributed by atoms with Crippen molar-refractivity contribution < 1.29 is 18.0 Å². The van der Waals surface area contributed by atoms with E-state index in [1.165, 1.54) is 12.4 Å². The van der Waals surface area contributed by atoms with Gasteiger partial charge in [0.25, 0.3) is 0 Å². The predicted molar refractivity (Wildman–Crippen MR) is 140 cm³/mol. The van der Waals surface area contributed by atoms with Crippen LogP contribution in [-0.4, -0.2) is 82.2 Å². The van der Waals surface area contributed by atoms with Crippen LogP contribution in [0, 0.1) is 17.8 Å². The molecule has 8 nitrogen and oxygen atoms in total. The number of aromatic nitrogens is 4. The first-order valence-electron chi connectivity index (χ1n) is 12.4. The molecule has 2 fully saturated rings. The van der Waals surface area contributed by atoms with Crippen LogP contribution in [0.5, 0.6) is 0 Å². The van der Waals surface area contributed by atoms with Crippen molar-refractivity contribution in [2.24, 2.45) is 5.92 Å². The fourth-order valence-corrected chi connectivity index (χ4v) is 6.35. The van der Waals surface area contributed by atoms with E-state index in [1.807, 2.05) is 20.8 Å². The maximum absolute atomic E-state index is 13.5. The molecule has 2 aliphatic rings. The Kier molecular flexibility index (Phi) is 6.74. The van der Waals surface area contributed by atoms with Crippen molar-refractivity contribution in [1.29, 1.82) is 0 Å². The van der Waals surface area contributed by atoms with Crippen molar-refractivity contribution in [3.63, 3.8) is 0 Å². The van der Waals surface area contributed by atoms with Gasteiger partial charge in [-0.1, -0.05) is 0 Å². The second-order valence-electron chi connectivity index (χ2n) is 11.0. The molecule has 38 heavy (non-hydrogen) atoms. The molecule has 1 saturated heterocycles. The molecule has 2 unspecified atom stereocenters. The molecule has 5 rings (SSSR count). The van der Waals surface area contributed by atoms with Crippen LogP contribution in [0.4, 0.5) is 19.0 Å². The number of nitrogens with one attached hydrogen (secondary N) is 2. The number of likely N-dealkylation sites (tertiary alicyclic amines) is 1. The van der Waals surface area contributed by atoms with Crippen LogP contribution in [0.25, 0.3) is 5.52 Å². The van der Waals surface area contributed by atoms with E-state index in [2.05, 4.69) is 44.5 Å². The maximum atomic E-state index is 13.5. The Balaban J connectivity index is 1.36. The first-order chi connectivity index (χ1) is 17.8. The number of halogens is 3. The molecule has 3 aromatic heterocycles. The molecule has 2 N–H and O–H groups in total. The minimum atomic E-state index is -4.34. The van der Waals surface area contributed by atoms with E-state index in [0.717, 1.165) is 25.9 Å². The fourth-order valence-electron chi connectivity index (χ4n) is 4.89. The van der Waals surface area contributed by atoms with Gasteiger partial charge in [-0.15, -0.1) is 0 Å². The number of fused-ring (bicyclic) bond motifs is 2. The van der Waals surface area contributed by atoms with Gasteiger partial charge in [-0.3, -0.25) is 0 Å². The first kappa shape index (κ1) is 26.6. The van der Waals surface area contributed by atoms with Gasteiger partial charge >= 0.3 is 226 Å². The van der Waals surface area contributed by atoms with Gasteiger partial charge in [0.2, 0.25) is 0 Å². The number of nitrogens with zero attached hydrogens (tertiary/aromatic N) is 5. The topological polar surface area (TPSA) is 79.5 Å². The van der Waals surface area contributed by atoms with Crippen molar-refractivity contribution in [2.45, 2.75) is 49.8 Å². The van der Waals surface area contributed by atoms with Crippen LogP contribution >= 0.6 is 0 Å². The zero-order valence-corrected chi connectivity index (χ0v) is 23.4. The quantitative estimate of drug-likeness (QED) is 0.352. The van der Waals surface area contributed by atoms with Gasteiger partial charge in [-0.2, -0.15) is 0 Å². The molecule has 202 valence electrons. The number of carbonyl (C=O) groups is 1. The van der Waals surface area contributed by atoms with E-state index in [4.69, 9.17) is 0 Å². The standard InChI is InChI=1S/C26H30F3N7OSe/c1-24(2,3)36-15-18(14-32-36)22(37)31-8-5-6-17-12-20-21(33-25-7-10-34(4)16-19(25)13-25)30-9-11-35(20)23(17)38-26(27,28)29/h9,11-12,14-15,19H,7-8,10,13,16H2,1-4H3,(H,30,33)(H,31,37). The fraction of sp³-hybridized carbons (Fsp3) is 0.500. The third kappa shape index (κ3) is 5.55. The van der Waals surface area contributed by atoms with Gasteiger partial charge in [-0.05, 0) is 0 Å². The van der Waals surface area contributed by atoms with Crippen LogP contribution in [0.1, 0.15) is 49.5 Å². The number of alkyl halides is 3. The predicted octanol–water partition coefficient (Wildman–Crippen LogP) is 2.42. The number of hydrogen-bond acceptors (Lipinski definition) is 5. The molecule has 0 spiro atoms. The van der Waals surface area contributed by atoms with E-state index in [-0.39, 0.29) is 28.1 Å². The Hall–Kier alpha value is -3.00. The molecule has 1 aliphatic heterocycles. The van der Waals surface area contributed by atoms with Crippen molar-refractivity contribution in [1.82, 2.24) is 29.4 Å². The zero-order chi connectivity index (χ0) is 27.3. The number of rotatable bonds is 5. The Morgan fingerprint density at radius 1 is 1.32 bits per heavy atom. The molecule has 2 atom stereocenters. The summed E-state index contributed by atoms with van der Waals surface area (Å²) in [5.74, 6) is 6.43. The molecule has 3 aromatic rings. The molecule has 0 radical (unpaired) electrons. The summed E-state index contributed by atoms with van der Waals surface area (Å²) in [5, 5.41) is 6.13. The average Bonchev–Trinajstić information content (AvgIpc) is 3.15. The summed E-state index contributed by atoms with van der Waals surface area (Å²) in [6.45, 7) is 7.88. The van der Waals surface area contributed by atoms with Crippen LogP contribution in [0.3, 0.4) is 0 Å². The molecular weight excluding hydrogens is 562 g/mol. The number of piperidine rings is 1. The molecular formula is C26H30F3N7OSe. The molecule has 12 heteroatoms. The summed E-state index contributed by atoms with van der Waals surface area (Å²) in [6.07, 6.45) is 8.22.